The molecule has 0 spiro atoms. The minimum atomic E-state index is -1.20. The van der Waals surface area contributed by atoms with Crippen LogP contribution in [-0.2, 0) is 0 Å². The van der Waals surface area contributed by atoms with E-state index >= 15 is 0 Å². The van der Waals surface area contributed by atoms with E-state index in [-0.39, 0.29) is 0 Å². The fraction of sp³-hybridized carbons (Fsp3) is 0.429. The Morgan fingerprint density at radius 1 is 0.909 bits per heavy atom. The summed E-state index contributed by atoms with van der Waals surface area (Å²) in [5.74, 6) is 3.34. The number of thiol groups is 1. The molecule has 0 radical (unpaired) electrons. The van der Waals surface area contributed by atoms with Gasteiger partial charge in [-0.25, -0.2) is 0 Å². The molecule has 2 aliphatic heterocycles. The fourth-order valence-corrected chi connectivity index (χ4v) is 6.67. The zero-order chi connectivity index (χ0) is 15.3. The van der Waals surface area contributed by atoms with Gasteiger partial charge in [0.2, 0.25) is 0 Å². The molecule has 4 rings (SSSR count). The lowest BCUT2D eigenvalue weighted by Crippen LogP contribution is -2.15. The van der Waals surface area contributed by atoms with Crippen LogP contribution in [-0.4, -0.2) is 38.9 Å². The first-order valence-corrected chi connectivity index (χ1v) is 12.0. The van der Waals surface area contributed by atoms with Crippen LogP contribution in [0.25, 0.3) is 9.75 Å². The first-order valence-electron chi connectivity index (χ1n) is 6.81. The number of fused-ring (bicyclic) bond motifs is 2. The van der Waals surface area contributed by atoms with Crippen molar-refractivity contribution < 1.29 is 18.9 Å². The Morgan fingerprint density at radius 2 is 1.55 bits per heavy atom. The van der Waals surface area contributed by atoms with Crippen molar-refractivity contribution in [2.45, 2.75) is 4.21 Å². The van der Waals surface area contributed by atoms with E-state index in [9.17, 15) is 0 Å². The lowest BCUT2D eigenvalue weighted by atomic mass is 10.3. The van der Waals surface area contributed by atoms with Gasteiger partial charge in [-0.1, -0.05) is 0 Å². The van der Waals surface area contributed by atoms with Crippen molar-refractivity contribution in [2.24, 2.45) is 0 Å². The summed E-state index contributed by atoms with van der Waals surface area (Å²) in [6.45, 7) is 2.34. The Balaban J connectivity index is 1.89. The Labute approximate surface area is 143 Å². The molecule has 8 heteroatoms. The quantitative estimate of drug-likeness (QED) is 0.627. The van der Waals surface area contributed by atoms with Crippen molar-refractivity contribution in [3.63, 3.8) is 0 Å². The summed E-state index contributed by atoms with van der Waals surface area (Å²) in [7, 11) is -1.20. The molecule has 0 saturated carbocycles. The van der Waals surface area contributed by atoms with E-state index in [1.54, 1.807) is 22.7 Å². The molecule has 0 unspecified atom stereocenters. The van der Waals surface area contributed by atoms with Gasteiger partial charge in [-0.05, 0) is 12.5 Å². The van der Waals surface area contributed by atoms with Crippen LogP contribution in [0.15, 0.2) is 9.59 Å². The maximum atomic E-state index is 5.92. The first-order chi connectivity index (χ1) is 10.6. The highest BCUT2D eigenvalue weighted by atomic mass is 33.1. The Hall–Kier alpha value is -0.700. The second kappa shape index (κ2) is 5.43. The van der Waals surface area contributed by atoms with Crippen LogP contribution in [0.3, 0.4) is 0 Å². The third kappa shape index (κ3) is 2.36. The topological polar surface area (TPSA) is 36.9 Å². The highest BCUT2D eigenvalue weighted by molar-refractivity contribution is 8.87. The number of hydrogen-bond acceptors (Lipinski definition) is 7. The molecular weight excluding hydrogens is 360 g/mol. The van der Waals surface area contributed by atoms with Crippen molar-refractivity contribution in [2.75, 3.05) is 38.9 Å². The van der Waals surface area contributed by atoms with Crippen LogP contribution in [0.2, 0.25) is 0 Å². The van der Waals surface area contributed by atoms with E-state index in [0.717, 1.165) is 32.8 Å². The molecule has 0 saturated heterocycles. The van der Waals surface area contributed by atoms with E-state index in [4.69, 9.17) is 30.6 Å². The monoisotopic (exact) mass is 376 g/mol. The summed E-state index contributed by atoms with van der Waals surface area (Å²) < 4.78 is 24.5. The third-order valence-electron chi connectivity index (χ3n) is 3.33. The minimum absolute atomic E-state index is 0.573. The molecule has 22 heavy (non-hydrogen) atoms. The largest absolute Gasteiger partial charge is 0.485 e. The van der Waals surface area contributed by atoms with Gasteiger partial charge < -0.3 is 18.9 Å². The van der Waals surface area contributed by atoms with Crippen molar-refractivity contribution >= 4 is 43.4 Å². The van der Waals surface area contributed by atoms with Gasteiger partial charge in [-0.15, -0.1) is 34.3 Å². The highest BCUT2D eigenvalue weighted by Crippen LogP contribution is 2.67. The van der Waals surface area contributed by atoms with Gasteiger partial charge in [0.1, 0.15) is 26.4 Å². The SMILES string of the molecule is CS(C)(S)c1sc(-c2scc3c2OCCO3)c2c1OCCO2. The fourth-order valence-electron chi connectivity index (χ4n) is 2.42. The molecule has 4 nitrogen and oxygen atoms in total. The van der Waals surface area contributed by atoms with Crippen LogP contribution in [0, 0.1) is 0 Å². The molecule has 0 amide bonds. The average molecular weight is 377 g/mol. The summed E-state index contributed by atoms with van der Waals surface area (Å²) >= 11 is 8.12. The smallest absolute Gasteiger partial charge is 0.185 e. The molecule has 4 heterocycles. The van der Waals surface area contributed by atoms with Crippen molar-refractivity contribution in [1.29, 1.82) is 0 Å². The van der Waals surface area contributed by atoms with Crippen LogP contribution in [0.5, 0.6) is 23.0 Å². The third-order valence-corrected chi connectivity index (χ3v) is 8.89. The van der Waals surface area contributed by atoms with Gasteiger partial charge in [-0.3, -0.25) is 0 Å². The van der Waals surface area contributed by atoms with Gasteiger partial charge in [-0.2, -0.15) is 9.06 Å². The number of ether oxygens (including phenoxy) is 4. The first kappa shape index (κ1) is 14.9. The van der Waals surface area contributed by atoms with Gasteiger partial charge in [0.15, 0.2) is 23.0 Å². The van der Waals surface area contributed by atoms with E-state index in [1.165, 1.54) is 4.21 Å². The Bertz CT molecular complexity index is 713. The molecule has 0 N–H and O–H groups in total. The summed E-state index contributed by atoms with van der Waals surface area (Å²) in [6, 6.07) is 0. The van der Waals surface area contributed by atoms with Gasteiger partial charge in [0.05, 0.1) is 14.0 Å². The maximum Gasteiger partial charge on any atom is 0.185 e. The van der Waals surface area contributed by atoms with E-state index in [2.05, 4.69) is 12.5 Å². The lowest BCUT2D eigenvalue weighted by Gasteiger charge is -2.25. The molecule has 120 valence electrons. The van der Waals surface area contributed by atoms with Gasteiger partial charge >= 0.3 is 0 Å². The second-order valence-electron chi connectivity index (χ2n) is 5.30. The molecule has 2 aromatic rings. The summed E-state index contributed by atoms with van der Waals surface area (Å²) in [5, 5.41) is 2.00. The number of rotatable bonds is 2. The van der Waals surface area contributed by atoms with Crippen LogP contribution in [0.1, 0.15) is 0 Å². The van der Waals surface area contributed by atoms with Crippen molar-refractivity contribution in [1.82, 2.24) is 0 Å². The molecule has 2 aliphatic rings. The number of hydrogen-bond donors (Lipinski definition) is 1. The van der Waals surface area contributed by atoms with Crippen molar-refractivity contribution in [3.8, 4) is 32.8 Å². The zero-order valence-corrected chi connectivity index (χ0v) is 15.6. The minimum Gasteiger partial charge on any atom is -0.485 e. The maximum absolute atomic E-state index is 5.92. The predicted molar refractivity (Wildman–Crippen MR) is 96.3 cm³/mol. The van der Waals surface area contributed by atoms with Gasteiger partial charge in [0.25, 0.3) is 0 Å². The molecule has 0 fully saturated rings. The molecule has 0 bridgehead atoms. The van der Waals surface area contributed by atoms with Crippen LogP contribution < -0.4 is 18.9 Å². The average Bonchev–Trinajstić information content (AvgIpc) is 3.07. The Morgan fingerprint density at radius 3 is 2.27 bits per heavy atom. The molecule has 0 atom stereocenters. The van der Waals surface area contributed by atoms with E-state index in [1.807, 2.05) is 5.38 Å². The van der Waals surface area contributed by atoms with Crippen LogP contribution in [0.4, 0.5) is 0 Å². The molecule has 2 aromatic heterocycles. The zero-order valence-electron chi connectivity index (χ0n) is 12.2. The highest BCUT2D eigenvalue weighted by Gasteiger charge is 2.33. The normalized spacial score (nSPS) is 17.4. The lowest BCUT2D eigenvalue weighted by molar-refractivity contribution is 0.169. The van der Waals surface area contributed by atoms with Crippen LogP contribution >= 0.6 is 43.4 Å². The Kier molecular flexibility index (Phi) is 3.67. The van der Waals surface area contributed by atoms with E-state index < -0.39 is 9.06 Å². The second-order valence-corrected chi connectivity index (χ2v) is 13.2. The summed E-state index contributed by atoms with van der Waals surface area (Å²) in [4.78, 5) is 2.13. The van der Waals surface area contributed by atoms with E-state index in [0.29, 0.717) is 26.4 Å². The molecule has 0 aromatic carbocycles. The predicted octanol–water partition coefficient (Wildman–Crippen LogP) is 4.29. The standard InChI is InChI=1S/C14H16O4S4/c1-22(2,19)14-11-10(17-5-6-18-11)13(21-14)12-9-8(7-20-12)15-3-4-16-9/h7,19H,3-6H2,1-2H3. The van der Waals surface area contributed by atoms with Crippen molar-refractivity contribution in [3.05, 3.63) is 5.38 Å². The number of thiophene rings is 2. The van der Waals surface area contributed by atoms with Gasteiger partial charge in [0, 0.05) is 5.38 Å². The molecular formula is C14H16O4S4. The summed E-state index contributed by atoms with van der Waals surface area (Å²) in [6.07, 6.45) is 4.29. The summed E-state index contributed by atoms with van der Waals surface area (Å²) in [5.41, 5.74) is 0. The molecule has 0 aliphatic carbocycles.